The summed E-state index contributed by atoms with van der Waals surface area (Å²) in [7, 11) is 3.22. The second kappa shape index (κ2) is 8.85. The van der Waals surface area contributed by atoms with Gasteiger partial charge in [0, 0.05) is 29.8 Å². The first-order chi connectivity index (χ1) is 13.6. The number of nitrogens with zero attached hydrogens (tertiary/aromatic N) is 3. The Balaban J connectivity index is 1.76. The molecule has 1 heterocycles. The van der Waals surface area contributed by atoms with Crippen molar-refractivity contribution >= 4 is 12.0 Å². The van der Waals surface area contributed by atoms with E-state index in [0.29, 0.717) is 30.0 Å². The largest absolute Gasteiger partial charge is 0.497 e. The van der Waals surface area contributed by atoms with Crippen LogP contribution in [0.25, 0.3) is 6.08 Å². The van der Waals surface area contributed by atoms with E-state index >= 15 is 0 Å². The Hall–Kier alpha value is -3.61. The molecule has 0 spiro atoms. The lowest BCUT2D eigenvalue weighted by atomic mass is 10.1. The average Bonchev–Trinajstić information content (AvgIpc) is 3.15. The molecule has 1 aromatic heterocycles. The summed E-state index contributed by atoms with van der Waals surface area (Å²) in [5, 5.41) is 8.31. The molecule has 144 valence electrons. The second-order valence-corrected chi connectivity index (χ2v) is 6.21. The van der Waals surface area contributed by atoms with Gasteiger partial charge in [-0.25, -0.2) is 4.68 Å². The summed E-state index contributed by atoms with van der Waals surface area (Å²) >= 11 is 0. The maximum absolute atomic E-state index is 11.8. The zero-order valence-corrected chi connectivity index (χ0v) is 15.8. The third-order valence-electron chi connectivity index (χ3n) is 4.24. The number of hydrogen-bond acceptors (Lipinski definition) is 5. The predicted molar refractivity (Wildman–Crippen MR) is 106 cm³/mol. The van der Waals surface area contributed by atoms with Crippen molar-refractivity contribution in [3.8, 4) is 11.5 Å². The maximum Gasteiger partial charge on any atom is 0.245 e. The van der Waals surface area contributed by atoms with Crippen LogP contribution >= 0.6 is 0 Å². The van der Waals surface area contributed by atoms with Gasteiger partial charge in [-0.05, 0) is 23.8 Å². The van der Waals surface area contributed by atoms with Crippen molar-refractivity contribution in [3.63, 3.8) is 0 Å². The van der Waals surface area contributed by atoms with Crippen molar-refractivity contribution in [3.05, 3.63) is 77.1 Å². The number of carbonyl (C=O) groups is 1. The van der Waals surface area contributed by atoms with Crippen LogP contribution < -0.4 is 15.2 Å². The average molecular weight is 378 g/mol. The molecule has 7 nitrogen and oxygen atoms in total. The van der Waals surface area contributed by atoms with Gasteiger partial charge >= 0.3 is 0 Å². The summed E-state index contributed by atoms with van der Waals surface area (Å²) in [4.78, 5) is 11.8. The van der Waals surface area contributed by atoms with Crippen LogP contribution in [0.3, 0.4) is 0 Å². The Morgan fingerprint density at radius 2 is 1.93 bits per heavy atom. The number of aromatic nitrogens is 3. The number of primary amides is 1. The minimum atomic E-state index is -0.477. The molecule has 3 aromatic rings. The van der Waals surface area contributed by atoms with Gasteiger partial charge in [-0.3, -0.25) is 4.79 Å². The van der Waals surface area contributed by atoms with Crippen LogP contribution in [0.4, 0.5) is 0 Å². The first-order valence-electron chi connectivity index (χ1n) is 8.74. The van der Waals surface area contributed by atoms with Gasteiger partial charge in [-0.1, -0.05) is 35.5 Å². The van der Waals surface area contributed by atoms with Gasteiger partial charge in [-0.15, -0.1) is 5.10 Å². The molecule has 1 amide bonds. The van der Waals surface area contributed by atoms with Gasteiger partial charge in [0.15, 0.2) is 0 Å². The highest BCUT2D eigenvalue weighted by Gasteiger charge is 2.12. The van der Waals surface area contributed by atoms with Crippen LogP contribution in [0, 0.1) is 0 Å². The van der Waals surface area contributed by atoms with Crippen molar-refractivity contribution in [1.29, 1.82) is 0 Å². The highest BCUT2D eigenvalue weighted by atomic mass is 16.5. The SMILES string of the molecule is COc1ccc(Cn2cc(CC(=Cc3ccccc3)C(N)=O)nn2)c(OC)c1. The second-order valence-electron chi connectivity index (χ2n) is 6.21. The van der Waals surface area contributed by atoms with E-state index in [-0.39, 0.29) is 0 Å². The van der Waals surface area contributed by atoms with Crippen molar-refractivity contribution in [2.24, 2.45) is 5.73 Å². The number of ether oxygens (including phenoxy) is 2. The fourth-order valence-corrected chi connectivity index (χ4v) is 2.81. The monoisotopic (exact) mass is 378 g/mol. The van der Waals surface area contributed by atoms with E-state index in [9.17, 15) is 4.79 Å². The van der Waals surface area contributed by atoms with Crippen LogP contribution in [-0.2, 0) is 17.8 Å². The van der Waals surface area contributed by atoms with E-state index in [1.165, 1.54) is 0 Å². The van der Waals surface area contributed by atoms with E-state index in [1.807, 2.05) is 48.5 Å². The molecule has 3 rings (SSSR count). The van der Waals surface area contributed by atoms with Gasteiger partial charge in [0.2, 0.25) is 5.91 Å². The molecule has 2 aromatic carbocycles. The fourth-order valence-electron chi connectivity index (χ4n) is 2.81. The third-order valence-corrected chi connectivity index (χ3v) is 4.24. The minimum Gasteiger partial charge on any atom is -0.497 e. The lowest BCUT2D eigenvalue weighted by Gasteiger charge is -2.10. The van der Waals surface area contributed by atoms with Crippen LogP contribution in [0.15, 0.2) is 60.3 Å². The Morgan fingerprint density at radius 1 is 1.14 bits per heavy atom. The van der Waals surface area contributed by atoms with Crippen molar-refractivity contribution in [1.82, 2.24) is 15.0 Å². The van der Waals surface area contributed by atoms with Crippen LogP contribution in [0.1, 0.15) is 16.8 Å². The van der Waals surface area contributed by atoms with Crippen LogP contribution in [0.2, 0.25) is 0 Å². The molecule has 0 aliphatic heterocycles. The zero-order valence-electron chi connectivity index (χ0n) is 15.8. The number of rotatable bonds is 8. The van der Waals surface area contributed by atoms with Gasteiger partial charge in [0.25, 0.3) is 0 Å². The van der Waals surface area contributed by atoms with Gasteiger partial charge < -0.3 is 15.2 Å². The number of hydrogen-bond donors (Lipinski definition) is 1. The summed E-state index contributed by atoms with van der Waals surface area (Å²) < 4.78 is 12.3. The van der Waals surface area contributed by atoms with E-state index in [1.54, 1.807) is 31.2 Å². The molecule has 2 N–H and O–H groups in total. The van der Waals surface area contributed by atoms with Gasteiger partial charge in [-0.2, -0.15) is 0 Å². The first-order valence-corrected chi connectivity index (χ1v) is 8.74. The summed E-state index contributed by atoms with van der Waals surface area (Å²) in [6, 6.07) is 15.2. The Kier molecular flexibility index (Phi) is 6.06. The topological polar surface area (TPSA) is 92.3 Å². The lowest BCUT2D eigenvalue weighted by Crippen LogP contribution is -2.15. The first kappa shape index (κ1) is 19.2. The van der Waals surface area contributed by atoms with Gasteiger partial charge in [0.05, 0.1) is 26.5 Å². The Morgan fingerprint density at radius 3 is 2.61 bits per heavy atom. The fraction of sp³-hybridized carbons (Fsp3) is 0.190. The molecule has 0 atom stereocenters. The normalized spacial score (nSPS) is 11.3. The van der Waals surface area contributed by atoms with Crippen molar-refractivity contribution in [2.75, 3.05) is 14.2 Å². The third kappa shape index (κ3) is 4.76. The maximum atomic E-state index is 11.8. The predicted octanol–water partition coefficient (Wildman–Crippen LogP) is 2.46. The number of methoxy groups -OCH3 is 2. The molecule has 0 unspecified atom stereocenters. The summed E-state index contributed by atoms with van der Waals surface area (Å²) in [6.45, 7) is 0.481. The van der Waals surface area contributed by atoms with E-state index < -0.39 is 5.91 Å². The van der Waals surface area contributed by atoms with Crippen molar-refractivity contribution < 1.29 is 14.3 Å². The number of benzene rings is 2. The van der Waals surface area contributed by atoms with E-state index in [4.69, 9.17) is 15.2 Å². The molecule has 0 bridgehead atoms. The summed E-state index contributed by atoms with van der Waals surface area (Å²) in [6.07, 6.45) is 3.88. The number of carbonyl (C=O) groups excluding carboxylic acids is 1. The standard InChI is InChI=1S/C21H22N4O3/c1-27-19-9-8-16(20(12-19)28-2)13-25-14-18(23-24-25)11-17(21(22)26)10-15-6-4-3-5-7-15/h3-10,12,14H,11,13H2,1-2H3,(H2,22,26). The summed E-state index contributed by atoms with van der Waals surface area (Å²) in [5.41, 5.74) is 8.52. The van der Waals surface area contributed by atoms with Crippen LogP contribution in [0.5, 0.6) is 11.5 Å². The molecule has 0 aliphatic carbocycles. The smallest absolute Gasteiger partial charge is 0.245 e. The molecule has 0 saturated heterocycles. The van der Waals surface area contributed by atoms with E-state index in [2.05, 4.69) is 10.3 Å². The summed E-state index contributed by atoms with van der Waals surface area (Å²) in [5.74, 6) is 0.949. The molecule has 0 saturated carbocycles. The zero-order chi connectivity index (χ0) is 19.9. The highest BCUT2D eigenvalue weighted by molar-refractivity contribution is 5.96. The highest BCUT2D eigenvalue weighted by Crippen LogP contribution is 2.25. The molecular formula is C21H22N4O3. The van der Waals surface area contributed by atoms with Crippen LogP contribution in [-0.4, -0.2) is 35.1 Å². The molecule has 0 aliphatic rings. The lowest BCUT2D eigenvalue weighted by molar-refractivity contribution is -0.114. The molecule has 7 heteroatoms. The molecular weight excluding hydrogens is 356 g/mol. The number of nitrogens with two attached hydrogens (primary N) is 1. The minimum absolute atomic E-state index is 0.309. The van der Waals surface area contributed by atoms with Gasteiger partial charge in [0.1, 0.15) is 11.5 Å². The quantitative estimate of drug-likeness (QED) is 0.608. The Labute approximate surface area is 163 Å². The molecule has 28 heavy (non-hydrogen) atoms. The van der Waals surface area contributed by atoms with E-state index in [0.717, 1.165) is 16.9 Å². The Bertz CT molecular complexity index is 980. The molecule has 0 fully saturated rings. The van der Waals surface area contributed by atoms with Crippen molar-refractivity contribution in [2.45, 2.75) is 13.0 Å². The molecule has 0 radical (unpaired) electrons. The number of amides is 1.